The summed E-state index contributed by atoms with van der Waals surface area (Å²) in [7, 11) is 0. The van der Waals surface area contributed by atoms with E-state index in [1.807, 2.05) is 6.92 Å². The van der Waals surface area contributed by atoms with Crippen LogP contribution in [0.1, 0.15) is 33.6 Å². The van der Waals surface area contributed by atoms with Crippen LogP contribution in [0.15, 0.2) is 23.3 Å². The second-order valence-corrected chi connectivity index (χ2v) is 2.97. The molecule has 0 aromatic heterocycles. The van der Waals surface area contributed by atoms with Crippen molar-refractivity contribution in [2.24, 2.45) is 0 Å². The Morgan fingerprint density at radius 1 is 1.25 bits per heavy atom. The van der Waals surface area contributed by atoms with Crippen molar-refractivity contribution in [3.05, 3.63) is 23.3 Å². The Morgan fingerprint density at radius 2 is 1.83 bits per heavy atom. The second kappa shape index (κ2) is 9.04. The molecule has 0 N–H and O–H groups in total. The molecular weight excluding hydrogens is 255 g/mol. The van der Waals surface area contributed by atoms with E-state index in [0.717, 1.165) is 24.7 Å². The standard InChI is InChI=1S/C10H16O.Sn/c1-9(2)5-4-6-10(3)7-8-11;/h5,7-8H,4,6H2,1-3H3;/b10-7+;. The SMILES string of the molecule is CC(C)=CCC/C(C)=C/C=O.[Sn]. The summed E-state index contributed by atoms with van der Waals surface area (Å²) >= 11 is 0. The van der Waals surface area contributed by atoms with Gasteiger partial charge in [0.2, 0.25) is 0 Å². The maximum atomic E-state index is 10.0. The first-order chi connectivity index (χ1) is 5.16. The zero-order valence-corrected chi connectivity index (χ0v) is 10.9. The third-order valence-corrected chi connectivity index (χ3v) is 1.44. The van der Waals surface area contributed by atoms with Gasteiger partial charge in [-0.25, -0.2) is 0 Å². The van der Waals surface area contributed by atoms with Crippen molar-refractivity contribution in [1.82, 2.24) is 0 Å². The average molecular weight is 271 g/mol. The van der Waals surface area contributed by atoms with E-state index in [9.17, 15) is 4.79 Å². The van der Waals surface area contributed by atoms with Crippen molar-refractivity contribution < 1.29 is 4.79 Å². The van der Waals surface area contributed by atoms with Crippen LogP contribution >= 0.6 is 0 Å². The first-order valence-corrected chi connectivity index (χ1v) is 3.91. The Balaban J connectivity index is 0. The van der Waals surface area contributed by atoms with Crippen LogP contribution in [0.5, 0.6) is 0 Å². The van der Waals surface area contributed by atoms with E-state index in [-0.39, 0.29) is 23.9 Å². The minimum absolute atomic E-state index is 0. The third-order valence-electron chi connectivity index (χ3n) is 1.44. The van der Waals surface area contributed by atoms with Crippen molar-refractivity contribution in [3.8, 4) is 0 Å². The molecule has 2 heteroatoms. The average Bonchev–Trinajstić information content (AvgIpc) is 1.87. The van der Waals surface area contributed by atoms with E-state index in [1.54, 1.807) is 6.08 Å². The summed E-state index contributed by atoms with van der Waals surface area (Å²) in [6.07, 6.45) is 6.68. The Hall–Kier alpha value is -0.0513. The van der Waals surface area contributed by atoms with Gasteiger partial charge in [-0.05, 0) is 39.7 Å². The van der Waals surface area contributed by atoms with Crippen LogP contribution in [0.3, 0.4) is 0 Å². The summed E-state index contributed by atoms with van der Waals surface area (Å²) in [5.74, 6) is 0. The quantitative estimate of drug-likeness (QED) is 0.332. The van der Waals surface area contributed by atoms with Gasteiger partial charge in [0.15, 0.2) is 0 Å². The number of carbonyl (C=O) groups excluding carboxylic acids is 1. The van der Waals surface area contributed by atoms with Gasteiger partial charge in [0.25, 0.3) is 0 Å². The monoisotopic (exact) mass is 272 g/mol. The summed E-state index contributed by atoms with van der Waals surface area (Å²) < 4.78 is 0. The Morgan fingerprint density at radius 3 is 2.25 bits per heavy atom. The Bertz CT molecular complexity index is 176. The molecule has 0 rings (SSSR count). The molecule has 4 radical (unpaired) electrons. The molecule has 0 bridgehead atoms. The molecule has 0 saturated heterocycles. The molecule has 12 heavy (non-hydrogen) atoms. The van der Waals surface area contributed by atoms with Gasteiger partial charge in [0.1, 0.15) is 6.29 Å². The maximum absolute atomic E-state index is 10.0. The summed E-state index contributed by atoms with van der Waals surface area (Å²) in [4.78, 5) is 10.0. The van der Waals surface area contributed by atoms with Crippen molar-refractivity contribution in [1.29, 1.82) is 0 Å². The topological polar surface area (TPSA) is 17.1 Å². The Labute approximate surface area is 91.9 Å². The summed E-state index contributed by atoms with van der Waals surface area (Å²) in [5, 5.41) is 0. The van der Waals surface area contributed by atoms with Crippen LogP contribution < -0.4 is 0 Å². The molecule has 0 amide bonds. The van der Waals surface area contributed by atoms with E-state index in [0.29, 0.717) is 0 Å². The predicted octanol–water partition coefficient (Wildman–Crippen LogP) is 2.50. The van der Waals surface area contributed by atoms with Gasteiger partial charge in [0, 0.05) is 23.9 Å². The van der Waals surface area contributed by atoms with E-state index < -0.39 is 0 Å². The molecule has 0 unspecified atom stereocenters. The first-order valence-electron chi connectivity index (χ1n) is 3.91. The number of rotatable bonds is 4. The zero-order valence-electron chi connectivity index (χ0n) is 8.05. The molecule has 0 aliphatic heterocycles. The summed E-state index contributed by atoms with van der Waals surface area (Å²) in [5.41, 5.74) is 2.49. The first kappa shape index (κ1) is 14.5. The number of hydrogen-bond acceptors (Lipinski definition) is 1. The molecule has 0 aliphatic carbocycles. The largest absolute Gasteiger partial charge is 0.299 e. The van der Waals surface area contributed by atoms with Gasteiger partial charge in [-0.1, -0.05) is 17.2 Å². The minimum Gasteiger partial charge on any atom is -0.299 e. The molecule has 0 atom stereocenters. The van der Waals surface area contributed by atoms with Gasteiger partial charge in [-0.15, -0.1) is 0 Å². The third kappa shape index (κ3) is 9.95. The maximum Gasteiger partial charge on any atom is 0.142 e. The van der Waals surface area contributed by atoms with Crippen LogP contribution in [0.25, 0.3) is 0 Å². The fraction of sp³-hybridized carbons (Fsp3) is 0.500. The number of carbonyl (C=O) groups is 1. The van der Waals surface area contributed by atoms with Gasteiger partial charge in [-0.3, -0.25) is 4.79 Å². The molecule has 0 aliphatic rings. The normalized spacial score (nSPS) is 10.1. The molecule has 0 heterocycles. The smallest absolute Gasteiger partial charge is 0.142 e. The molecular formula is C10H16OSn. The molecule has 0 aromatic carbocycles. The van der Waals surface area contributed by atoms with Crippen molar-refractivity contribution >= 4 is 30.2 Å². The number of hydrogen-bond donors (Lipinski definition) is 0. The van der Waals surface area contributed by atoms with Gasteiger partial charge in [0.05, 0.1) is 0 Å². The molecule has 0 aromatic rings. The zero-order chi connectivity index (χ0) is 8.69. The van der Waals surface area contributed by atoms with Crippen molar-refractivity contribution in [2.75, 3.05) is 0 Å². The van der Waals surface area contributed by atoms with E-state index in [4.69, 9.17) is 0 Å². The van der Waals surface area contributed by atoms with Crippen LogP contribution in [-0.2, 0) is 4.79 Å². The van der Waals surface area contributed by atoms with Crippen LogP contribution in [0.4, 0.5) is 0 Å². The molecule has 0 spiro atoms. The second-order valence-electron chi connectivity index (χ2n) is 2.97. The number of allylic oxidation sites excluding steroid dienone is 4. The van der Waals surface area contributed by atoms with Crippen LogP contribution in [0.2, 0.25) is 0 Å². The Kier molecular flexibility index (Phi) is 10.9. The summed E-state index contributed by atoms with van der Waals surface area (Å²) in [6.45, 7) is 6.14. The van der Waals surface area contributed by atoms with E-state index >= 15 is 0 Å². The minimum atomic E-state index is 0. The molecule has 0 saturated carbocycles. The van der Waals surface area contributed by atoms with Crippen molar-refractivity contribution in [2.45, 2.75) is 33.6 Å². The fourth-order valence-electron chi connectivity index (χ4n) is 0.788. The van der Waals surface area contributed by atoms with Crippen molar-refractivity contribution in [3.63, 3.8) is 0 Å². The fourth-order valence-corrected chi connectivity index (χ4v) is 0.788. The summed E-state index contributed by atoms with van der Waals surface area (Å²) in [6, 6.07) is 0. The van der Waals surface area contributed by atoms with Crippen LogP contribution in [0, 0.1) is 0 Å². The molecule has 0 fully saturated rings. The van der Waals surface area contributed by atoms with Gasteiger partial charge in [-0.2, -0.15) is 0 Å². The predicted molar refractivity (Wildman–Crippen MR) is 54.2 cm³/mol. The molecule has 66 valence electrons. The van der Waals surface area contributed by atoms with Crippen LogP contribution in [-0.4, -0.2) is 30.2 Å². The van der Waals surface area contributed by atoms with E-state index in [2.05, 4.69) is 19.9 Å². The number of aldehydes is 1. The van der Waals surface area contributed by atoms with E-state index in [1.165, 1.54) is 5.57 Å². The van der Waals surface area contributed by atoms with Gasteiger partial charge >= 0.3 is 0 Å². The molecule has 1 nitrogen and oxygen atoms in total. The van der Waals surface area contributed by atoms with Gasteiger partial charge < -0.3 is 0 Å².